The molecule has 1 aromatic heterocycles. The van der Waals surface area contributed by atoms with Crippen LogP contribution < -0.4 is 10.0 Å². The van der Waals surface area contributed by atoms with Gasteiger partial charge in [0.15, 0.2) is 0 Å². The van der Waals surface area contributed by atoms with Crippen LogP contribution >= 0.6 is 11.3 Å². The van der Waals surface area contributed by atoms with E-state index in [9.17, 15) is 13.2 Å². The molecule has 5 nitrogen and oxygen atoms in total. The molecule has 0 aliphatic rings. The molecule has 2 aromatic carbocycles. The van der Waals surface area contributed by atoms with Gasteiger partial charge in [0.2, 0.25) is 0 Å². The monoisotopic (exact) mass is 402 g/mol. The van der Waals surface area contributed by atoms with E-state index in [1.807, 2.05) is 31.2 Å². The predicted molar refractivity (Wildman–Crippen MR) is 111 cm³/mol. The van der Waals surface area contributed by atoms with Gasteiger partial charge < -0.3 is 5.32 Å². The second kappa shape index (κ2) is 8.10. The van der Waals surface area contributed by atoms with Crippen LogP contribution in [-0.2, 0) is 10.0 Å². The summed E-state index contributed by atoms with van der Waals surface area (Å²) in [6.07, 6.45) is 1.81. The van der Waals surface area contributed by atoms with Crippen LogP contribution in [0.4, 0.5) is 5.69 Å². The number of anilines is 1. The lowest BCUT2D eigenvalue weighted by atomic mass is 10.0. The van der Waals surface area contributed by atoms with Crippen molar-refractivity contribution < 1.29 is 13.2 Å². The lowest BCUT2D eigenvalue weighted by Gasteiger charge is -2.17. The average molecular weight is 403 g/mol. The maximum absolute atomic E-state index is 12.8. The molecule has 0 radical (unpaired) electrons. The van der Waals surface area contributed by atoms with Gasteiger partial charge in [-0.2, -0.15) is 0 Å². The second-order valence-corrected chi connectivity index (χ2v) is 9.30. The Labute approximate surface area is 163 Å². The van der Waals surface area contributed by atoms with E-state index in [1.165, 1.54) is 6.07 Å². The molecule has 142 valence electrons. The minimum absolute atomic E-state index is 0.00993. The molecule has 0 spiro atoms. The van der Waals surface area contributed by atoms with Crippen LogP contribution in [0.15, 0.2) is 58.1 Å². The number of sulfonamides is 1. The van der Waals surface area contributed by atoms with Crippen LogP contribution in [0.25, 0.3) is 10.8 Å². The zero-order valence-electron chi connectivity index (χ0n) is 15.2. The maximum atomic E-state index is 12.8. The summed E-state index contributed by atoms with van der Waals surface area (Å²) in [5.41, 5.74) is 0.597. The molecule has 1 heterocycles. The van der Waals surface area contributed by atoms with E-state index in [0.29, 0.717) is 5.56 Å². The molecule has 0 saturated heterocycles. The first-order valence-electron chi connectivity index (χ1n) is 8.80. The SMILES string of the molecule is CCCC(C)NC(=O)c1cc2ccccc2cc1NS(=O)(=O)c1cccs1. The van der Waals surface area contributed by atoms with Crippen LogP contribution in [0.2, 0.25) is 0 Å². The van der Waals surface area contributed by atoms with Crippen molar-refractivity contribution in [3.8, 4) is 0 Å². The number of hydrogen-bond donors (Lipinski definition) is 2. The topological polar surface area (TPSA) is 75.3 Å². The van der Waals surface area contributed by atoms with E-state index >= 15 is 0 Å². The number of benzene rings is 2. The fourth-order valence-corrected chi connectivity index (χ4v) is 4.99. The Kier molecular flexibility index (Phi) is 5.82. The highest BCUT2D eigenvalue weighted by Crippen LogP contribution is 2.28. The number of amides is 1. The van der Waals surface area contributed by atoms with Crippen molar-refractivity contribution >= 4 is 43.7 Å². The fraction of sp³-hybridized carbons (Fsp3) is 0.250. The normalized spacial score (nSPS) is 12.7. The van der Waals surface area contributed by atoms with Gasteiger partial charge in [0.25, 0.3) is 15.9 Å². The minimum Gasteiger partial charge on any atom is -0.350 e. The zero-order chi connectivity index (χ0) is 19.4. The van der Waals surface area contributed by atoms with Crippen molar-refractivity contribution in [3.63, 3.8) is 0 Å². The van der Waals surface area contributed by atoms with Crippen molar-refractivity contribution in [1.29, 1.82) is 0 Å². The zero-order valence-corrected chi connectivity index (χ0v) is 16.9. The van der Waals surface area contributed by atoms with Gasteiger partial charge in [-0.15, -0.1) is 11.3 Å². The lowest BCUT2D eigenvalue weighted by molar-refractivity contribution is 0.0939. The molecule has 0 bridgehead atoms. The fourth-order valence-electron chi connectivity index (χ4n) is 2.93. The predicted octanol–water partition coefficient (Wildman–Crippen LogP) is 4.62. The number of carbonyl (C=O) groups is 1. The average Bonchev–Trinajstić information content (AvgIpc) is 3.16. The molecule has 1 atom stereocenters. The third-order valence-corrected chi connectivity index (χ3v) is 7.00. The van der Waals surface area contributed by atoms with Crippen molar-refractivity contribution in [3.05, 3.63) is 59.5 Å². The Bertz CT molecular complexity index is 1040. The highest BCUT2D eigenvalue weighted by molar-refractivity contribution is 7.94. The largest absolute Gasteiger partial charge is 0.350 e. The number of rotatable bonds is 7. The Balaban J connectivity index is 2.02. The summed E-state index contributed by atoms with van der Waals surface area (Å²) >= 11 is 1.13. The van der Waals surface area contributed by atoms with E-state index in [2.05, 4.69) is 17.0 Å². The molecule has 1 unspecified atom stereocenters. The lowest BCUT2D eigenvalue weighted by Crippen LogP contribution is -2.33. The molecule has 1 amide bonds. The molecule has 0 fully saturated rings. The van der Waals surface area contributed by atoms with E-state index in [-0.39, 0.29) is 21.8 Å². The summed E-state index contributed by atoms with van der Waals surface area (Å²) < 4.78 is 28.1. The highest BCUT2D eigenvalue weighted by atomic mass is 32.2. The summed E-state index contributed by atoms with van der Waals surface area (Å²) in [4.78, 5) is 12.8. The van der Waals surface area contributed by atoms with Gasteiger partial charge in [0, 0.05) is 6.04 Å². The molecule has 0 aliphatic carbocycles. The number of carbonyl (C=O) groups excluding carboxylic acids is 1. The summed E-state index contributed by atoms with van der Waals surface area (Å²) in [7, 11) is -3.74. The summed E-state index contributed by atoms with van der Waals surface area (Å²) in [6.45, 7) is 4.00. The molecule has 0 aliphatic heterocycles. The summed E-state index contributed by atoms with van der Waals surface area (Å²) in [6, 6.07) is 14.2. The standard InChI is InChI=1S/C20H22N2O3S2/c1-3-7-14(2)21-20(23)17-12-15-8-4-5-9-16(15)13-18(17)22-27(24,25)19-10-6-11-26-19/h4-6,8-14,22H,3,7H2,1-2H3,(H,21,23). The van der Waals surface area contributed by atoms with Gasteiger partial charge in [-0.3, -0.25) is 9.52 Å². The number of hydrogen-bond acceptors (Lipinski definition) is 4. The Morgan fingerprint density at radius 2 is 1.81 bits per heavy atom. The quantitative estimate of drug-likeness (QED) is 0.605. The van der Waals surface area contributed by atoms with Crippen LogP contribution in [0.3, 0.4) is 0 Å². The highest BCUT2D eigenvalue weighted by Gasteiger charge is 2.21. The van der Waals surface area contributed by atoms with E-state index in [0.717, 1.165) is 35.0 Å². The first-order valence-corrected chi connectivity index (χ1v) is 11.2. The van der Waals surface area contributed by atoms with Gasteiger partial charge in [-0.1, -0.05) is 43.7 Å². The van der Waals surface area contributed by atoms with Crippen molar-refractivity contribution in [2.75, 3.05) is 4.72 Å². The number of fused-ring (bicyclic) bond motifs is 1. The molecule has 3 rings (SSSR count). The molecular weight excluding hydrogens is 380 g/mol. The van der Waals surface area contributed by atoms with E-state index < -0.39 is 10.0 Å². The second-order valence-electron chi connectivity index (χ2n) is 6.45. The molecule has 7 heteroatoms. The molecule has 27 heavy (non-hydrogen) atoms. The van der Waals surface area contributed by atoms with Crippen molar-refractivity contribution in [2.45, 2.75) is 36.9 Å². The number of nitrogens with one attached hydrogen (secondary N) is 2. The molecule has 3 aromatic rings. The van der Waals surface area contributed by atoms with Crippen LogP contribution in [0, 0.1) is 0 Å². The van der Waals surface area contributed by atoms with Gasteiger partial charge in [-0.25, -0.2) is 8.42 Å². The first-order chi connectivity index (χ1) is 12.9. The minimum atomic E-state index is -3.74. The van der Waals surface area contributed by atoms with E-state index in [1.54, 1.807) is 23.6 Å². The third-order valence-electron chi connectivity index (χ3n) is 4.23. The summed E-state index contributed by atoms with van der Waals surface area (Å²) in [5.74, 6) is -0.286. The van der Waals surface area contributed by atoms with Gasteiger partial charge in [-0.05, 0) is 47.7 Å². The maximum Gasteiger partial charge on any atom is 0.271 e. The molecule has 2 N–H and O–H groups in total. The third kappa shape index (κ3) is 4.48. The van der Waals surface area contributed by atoms with Crippen LogP contribution in [0.5, 0.6) is 0 Å². The smallest absolute Gasteiger partial charge is 0.271 e. The Morgan fingerprint density at radius 1 is 1.11 bits per heavy atom. The van der Waals surface area contributed by atoms with Gasteiger partial charge in [0.1, 0.15) is 4.21 Å². The number of thiophene rings is 1. The van der Waals surface area contributed by atoms with Gasteiger partial charge in [0.05, 0.1) is 11.3 Å². The first kappa shape index (κ1) is 19.4. The Morgan fingerprint density at radius 3 is 2.44 bits per heavy atom. The van der Waals surface area contributed by atoms with Crippen LogP contribution in [-0.4, -0.2) is 20.4 Å². The van der Waals surface area contributed by atoms with Crippen LogP contribution in [0.1, 0.15) is 37.0 Å². The summed E-state index contributed by atoms with van der Waals surface area (Å²) in [5, 5.41) is 6.40. The van der Waals surface area contributed by atoms with Gasteiger partial charge >= 0.3 is 0 Å². The van der Waals surface area contributed by atoms with E-state index in [4.69, 9.17) is 0 Å². The molecular formula is C20H22N2O3S2. The van der Waals surface area contributed by atoms with Crippen molar-refractivity contribution in [1.82, 2.24) is 5.32 Å². The molecule has 0 saturated carbocycles. The van der Waals surface area contributed by atoms with Crippen molar-refractivity contribution in [2.24, 2.45) is 0 Å². The Hall–Kier alpha value is -2.38.